The summed E-state index contributed by atoms with van der Waals surface area (Å²) in [6, 6.07) is 19.7. The van der Waals surface area contributed by atoms with Crippen LogP contribution in [-0.4, -0.2) is 11.9 Å². The molecule has 29 heavy (non-hydrogen) atoms. The van der Waals surface area contributed by atoms with Crippen molar-refractivity contribution in [2.75, 3.05) is 0 Å². The molecule has 0 aliphatic heterocycles. The van der Waals surface area contributed by atoms with Gasteiger partial charge in [0.15, 0.2) is 0 Å². The highest BCUT2D eigenvalue weighted by molar-refractivity contribution is 6.00. The molecule has 0 aromatic heterocycles. The molecule has 1 aliphatic carbocycles. The fraction of sp³-hybridized carbons (Fsp3) is 0.200. The maximum absolute atomic E-state index is 12.6. The first-order chi connectivity index (χ1) is 14.1. The third kappa shape index (κ3) is 3.92. The van der Waals surface area contributed by atoms with Crippen molar-refractivity contribution in [3.63, 3.8) is 0 Å². The maximum atomic E-state index is 12.6. The van der Waals surface area contributed by atoms with Crippen LogP contribution >= 0.6 is 0 Å². The number of carbonyl (C=O) groups excluding carboxylic acids is 2. The van der Waals surface area contributed by atoms with Crippen LogP contribution in [0.15, 0.2) is 72.8 Å². The van der Waals surface area contributed by atoms with E-state index in [1.807, 2.05) is 55.5 Å². The second-order valence-electron chi connectivity index (χ2n) is 7.26. The Hall–Kier alpha value is -3.40. The van der Waals surface area contributed by atoms with Crippen LogP contribution in [0.5, 0.6) is 0 Å². The fourth-order valence-electron chi connectivity index (χ4n) is 3.81. The summed E-state index contributed by atoms with van der Waals surface area (Å²) in [6.45, 7) is 1.88. The number of allylic oxidation sites excluding steroid dienone is 2. The predicted octanol–water partition coefficient (Wildman–Crippen LogP) is 5.79. The first kappa shape index (κ1) is 18.9. The predicted molar refractivity (Wildman–Crippen MR) is 112 cm³/mol. The monoisotopic (exact) mass is 386 g/mol. The Morgan fingerprint density at radius 2 is 1.62 bits per heavy atom. The van der Waals surface area contributed by atoms with Gasteiger partial charge in [0.05, 0.1) is 11.5 Å². The van der Waals surface area contributed by atoms with Crippen molar-refractivity contribution in [2.24, 2.45) is 5.92 Å². The lowest BCUT2D eigenvalue weighted by atomic mass is 9.93. The lowest BCUT2D eigenvalue weighted by Crippen LogP contribution is -2.21. The molecule has 0 bridgehead atoms. The van der Waals surface area contributed by atoms with Crippen molar-refractivity contribution in [2.45, 2.75) is 26.2 Å². The van der Waals surface area contributed by atoms with Crippen molar-refractivity contribution < 1.29 is 19.4 Å². The third-order valence-corrected chi connectivity index (χ3v) is 5.44. The van der Waals surface area contributed by atoms with Crippen molar-refractivity contribution in [3.8, 4) is 11.1 Å². The summed E-state index contributed by atoms with van der Waals surface area (Å²) in [7, 11) is 0. The molecule has 0 radical (unpaired) electrons. The van der Waals surface area contributed by atoms with E-state index in [9.17, 15) is 9.59 Å². The molecule has 0 amide bonds. The largest absolute Gasteiger partial charge is 0.386 e. The van der Waals surface area contributed by atoms with Crippen LogP contribution in [0.4, 0.5) is 0 Å². The second-order valence-corrected chi connectivity index (χ2v) is 7.26. The Morgan fingerprint density at radius 3 is 2.45 bits per heavy atom. The zero-order valence-corrected chi connectivity index (χ0v) is 16.3. The minimum atomic E-state index is -0.663. The topological polar surface area (TPSA) is 52.6 Å². The van der Waals surface area contributed by atoms with E-state index in [1.165, 1.54) is 0 Å². The summed E-state index contributed by atoms with van der Waals surface area (Å²) in [5.41, 5.74) is 3.15. The lowest BCUT2D eigenvalue weighted by molar-refractivity contribution is -0.238. The Labute approximate surface area is 169 Å². The molecule has 4 nitrogen and oxygen atoms in total. The average molecular weight is 386 g/mol. The lowest BCUT2D eigenvalue weighted by Gasteiger charge is -2.15. The summed E-state index contributed by atoms with van der Waals surface area (Å²) < 4.78 is 0. The molecule has 4 rings (SSSR count). The second kappa shape index (κ2) is 8.31. The molecule has 1 atom stereocenters. The van der Waals surface area contributed by atoms with Crippen LogP contribution in [0.2, 0.25) is 0 Å². The van der Waals surface area contributed by atoms with E-state index in [2.05, 4.69) is 18.2 Å². The van der Waals surface area contributed by atoms with Gasteiger partial charge < -0.3 is 0 Å². The van der Waals surface area contributed by atoms with Crippen molar-refractivity contribution >= 4 is 22.7 Å². The molecule has 0 heterocycles. The molecule has 1 aliphatic rings. The van der Waals surface area contributed by atoms with E-state index in [-0.39, 0.29) is 5.92 Å². The fourth-order valence-corrected chi connectivity index (χ4v) is 3.81. The summed E-state index contributed by atoms with van der Waals surface area (Å²) in [5, 5.41) is 2.24. The Balaban J connectivity index is 1.57. The number of carbonyl (C=O) groups is 2. The third-order valence-electron chi connectivity index (χ3n) is 5.44. The van der Waals surface area contributed by atoms with E-state index >= 15 is 0 Å². The zero-order chi connectivity index (χ0) is 20.2. The summed E-state index contributed by atoms with van der Waals surface area (Å²) in [5.74, 6) is -1.41. The van der Waals surface area contributed by atoms with Gasteiger partial charge >= 0.3 is 11.9 Å². The van der Waals surface area contributed by atoms with Gasteiger partial charge in [-0.3, -0.25) is 0 Å². The van der Waals surface area contributed by atoms with Gasteiger partial charge in [-0.15, -0.1) is 0 Å². The van der Waals surface area contributed by atoms with Crippen LogP contribution in [-0.2, 0) is 14.6 Å². The Morgan fingerprint density at radius 1 is 0.862 bits per heavy atom. The summed E-state index contributed by atoms with van der Waals surface area (Å²) in [4.78, 5) is 34.4. The molecule has 0 saturated carbocycles. The molecule has 1 unspecified atom stereocenters. The molecule has 4 heteroatoms. The highest BCUT2D eigenvalue weighted by Crippen LogP contribution is 2.32. The number of rotatable bonds is 3. The molecule has 0 saturated heterocycles. The van der Waals surface area contributed by atoms with E-state index in [0.717, 1.165) is 33.9 Å². The molecule has 0 fully saturated rings. The molecule has 3 aromatic carbocycles. The maximum Gasteiger partial charge on any atom is 0.386 e. The van der Waals surface area contributed by atoms with Gasteiger partial charge in [0.25, 0.3) is 0 Å². The average Bonchev–Trinajstić information content (AvgIpc) is 2.77. The zero-order valence-electron chi connectivity index (χ0n) is 16.3. The quantitative estimate of drug-likeness (QED) is 0.325. The van der Waals surface area contributed by atoms with Crippen molar-refractivity contribution in [3.05, 3.63) is 83.9 Å². The normalized spacial score (nSPS) is 15.8. The van der Waals surface area contributed by atoms with E-state index in [1.54, 1.807) is 6.07 Å². The number of hydrogen-bond acceptors (Lipinski definition) is 4. The summed E-state index contributed by atoms with van der Waals surface area (Å²) >= 11 is 0. The van der Waals surface area contributed by atoms with E-state index < -0.39 is 11.9 Å². The molecular formula is C25H22O4. The molecule has 0 spiro atoms. The van der Waals surface area contributed by atoms with Gasteiger partial charge in [0.2, 0.25) is 0 Å². The van der Waals surface area contributed by atoms with Crippen LogP contribution < -0.4 is 0 Å². The minimum Gasteiger partial charge on any atom is -0.247 e. The summed E-state index contributed by atoms with van der Waals surface area (Å²) in [6.07, 6.45) is 6.15. The smallest absolute Gasteiger partial charge is 0.247 e. The van der Waals surface area contributed by atoms with E-state index in [0.29, 0.717) is 18.4 Å². The number of benzene rings is 3. The van der Waals surface area contributed by atoms with Crippen molar-refractivity contribution in [1.29, 1.82) is 0 Å². The van der Waals surface area contributed by atoms with Gasteiger partial charge in [0.1, 0.15) is 0 Å². The molecule has 146 valence electrons. The van der Waals surface area contributed by atoms with Crippen LogP contribution in [0.3, 0.4) is 0 Å². The highest BCUT2D eigenvalue weighted by Gasteiger charge is 2.24. The highest BCUT2D eigenvalue weighted by atomic mass is 17.2. The van der Waals surface area contributed by atoms with Gasteiger partial charge in [-0.05, 0) is 59.7 Å². The Bertz CT molecular complexity index is 1090. The standard InChI is InChI=1S/C25H22O4/c1-17-20(23-16-7-12-18-9-5-6-13-22(18)23)14-8-15-21(17)25(27)29-28-24(26)19-10-3-2-4-11-19/h2-3,5-9,12-16,19H,4,10-11H2,1H3. The number of hydrogen-bond donors (Lipinski definition) is 0. The number of fused-ring (bicyclic) bond motifs is 1. The molecular weight excluding hydrogens is 364 g/mol. The van der Waals surface area contributed by atoms with E-state index in [4.69, 9.17) is 9.78 Å². The minimum absolute atomic E-state index is 0.254. The Kier molecular flexibility index (Phi) is 5.43. The van der Waals surface area contributed by atoms with Gasteiger partial charge in [-0.1, -0.05) is 66.7 Å². The SMILES string of the molecule is Cc1c(C(=O)OOC(=O)C2CC=CCC2)cccc1-c1cccc2ccccc12. The van der Waals surface area contributed by atoms with Gasteiger partial charge in [-0.25, -0.2) is 19.4 Å². The molecule has 0 N–H and O–H groups in total. The van der Waals surface area contributed by atoms with Crippen molar-refractivity contribution in [1.82, 2.24) is 0 Å². The van der Waals surface area contributed by atoms with Gasteiger partial charge in [0, 0.05) is 0 Å². The van der Waals surface area contributed by atoms with Crippen LogP contribution in [0.25, 0.3) is 21.9 Å². The van der Waals surface area contributed by atoms with Gasteiger partial charge in [-0.2, -0.15) is 0 Å². The molecule has 3 aromatic rings. The first-order valence-electron chi connectivity index (χ1n) is 9.80. The van der Waals surface area contributed by atoms with Crippen LogP contribution in [0.1, 0.15) is 35.2 Å². The first-order valence-corrected chi connectivity index (χ1v) is 9.80. The van der Waals surface area contributed by atoms with Crippen LogP contribution in [0, 0.1) is 12.8 Å².